The van der Waals surface area contributed by atoms with Crippen LogP contribution in [0.3, 0.4) is 0 Å². The van der Waals surface area contributed by atoms with Crippen molar-refractivity contribution in [2.75, 3.05) is 23.8 Å². The van der Waals surface area contributed by atoms with Crippen molar-refractivity contribution in [3.05, 3.63) is 35.9 Å². The molecule has 1 rings (SSSR count). The van der Waals surface area contributed by atoms with E-state index in [1.807, 2.05) is 23.5 Å². The lowest BCUT2D eigenvalue weighted by Gasteiger charge is -2.01. The average molecular weight is 241 g/mol. The number of benzene rings is 1. The third-order valence-corrected chi connectivity index (χ3v) is 4.34. The first-order valence-corrected chi connectivity index (χ1v) is 7.64. The molecule has 0 aliphatic carbocycles. The SMILES string of the molecule is NCCCSCCSCc1ccccc1. The first-order valence-electron chi connectivity index (χ1n) is 5.33. The maximum atomic E-state index is 5.43. The Hall–Kier alpha value is -0.120. The van der Waals surface area contributed by atoms with E-state index in [0.29, 0.717) is 0 Å². The molecule has 0 bridgehead atoms. The highest BCUT2D eigenvalue weighted by atomic mass is 32.2. The van der Waals surface area contributed by atoms with Crippen LogP contribution in [0.1, 0.15) is 12.0 Å². The van der Waals surface area contributed by atoms with E-state index < -0.39 is 0 Å². The monoisotopic (exact) mass is 241 g/mol. The van der Waals surface area contributed by atoms with Crippen molar-refractivity contribution in [3.63, 3.8) is 0 Å². The van der Waals surface area contributed by atoms with Crippen LogP contribution in [0.2, 0.25) is 0 Å². The van der Waals surface area contributed by atoms with Crippen molar-refractivity contribution in [3.8, 4) is 0 Å². The number of hydrogen-bond acceptors (Lipinski definition) is 3. The van der Waals surface area contributed by atoms with Gasteiger partial charge < -0.3 is 5.73 Å². The van der Waals surface area contributed by atoms with Gasteiger partial charge in [0.15, 0.2) is 0 Å². The summed E-state index contributed by atoms with van der Waals surface area (Å²) in [4.78, 5) is 0. The molecule has 1 aromatic rings. The molecule has 0 aliphatic heterocycles. The molecule has 0 atom stereocenters. The second-order valence-electron chi connectivity index (χ2n) is 3.29. The predicted molar refractivity (Wildman–Crippen MR) is 73.6 cm³/mol. The summed E-state index contributed by atoms with van der Waals surface area (Å²) in [7, 11) is 0. The molecule has 1 aromatic carbocycles. The molecule has 0 unspecified atom stereocenters. The molecule has 0 saturated heterocycles. The summed E-state index contributed by atoms with van der Waals surface area (Å²) in [5.74, 6) is 4.84. The van der Waals surface area contributed by atoms with Crippen molar-refractivity contribution >= 4 is 23.5 Å². The van der Waals surface area contributed by atoms with Gasteiger partial charge in [-0.25, -0.2) is 0 Å². The van der Waals surface area contributed by atoms with E-state index in [1.54, 1.807) is 0 Å². The van der Waals surface area contributed by atoms with Gasteiger partial charge in [-0.3, -0.25) is 0 Å². The molecule has 3 heteroatoms. The fourth-order valence-corrected chi connectivity index (χ4v) is 3.26. The Labute approximate surface area is 101 Å². The van der Waals surface area contributed by atoms with Gasteiger partial charge >= 0.3 is 0 Å². The molecule has 0 aromatic heterocycles. The van der Waals surface area contributed by atoms with Crippen LogP contribution in [-0.2, 0) is 5.75 Å². The van der Waals surface area contributed by atoms with Crippen LogP contribution < -0.4 is 5.73 Å². The van der Waals surface area contributed by atoms with Crippen LogP contribution >= 0.6 is 23.5 Å². The zero-order chi connectivity index (χ0) is 10.8. The highest BCUT2D eigenvalue weighted by Gasteiger charge is 1.93. The number of thioether (sulfide) groups is 2. The van der Waals surface area contributed by atoms with Crippen molar-refractivity contribution < 1.29 is 0 Å². The second kappa shape index (κ2) is 9.13. The Morgan fingerprint density at radius 1 is 0.933 bits per heavy atom. The zero-order valence-electron chi connectivity index (χ0n) is 9.02. The zero-order valence-corrected chi connectivity index (χ0v) is 10.7. The Morgan fingerprint density at radius 2 is 1.67 bits per heavy atom. The molecule has 0 heterocycles. The summed E-state index contributed by atoms with van der Waals surface area (Å²) >= 11 is 4.02. The third kappa shape index (κ3) is 6.88. The Balaban J connectivity index is 1.93. The summed E-state index contributed by atoms with van der Waals surface area (Å²) in [6.07, 6.45) is 1.15. The second-order valence-corrected chi connectivity index (χ2v) is 5.62. The first-order chi connectivity index (χ1) is 7.43. The van der Waals surface area contributed by atoms with Crippen LogP contribution in [-0.4, -0.2) is 23.8 Å². The van der Waals surface area contributed by atoms with E-state index >= 15 is 0 Å². The molecule has 0 aliphatic rings. The molecule has 1 nitrogen and oxygen atoms in total. The molecule has 0 radical (unpaired) electrons. The van der Waals surface area contributed by atoms with Gasteiger partial charge in [-0.1, -0.05) is 30.3 Å². The fraction of sp³-hybridized carbons (Fsp3) is 0.500. The topological polar surface area (TPSA) is 26.0 Å². The maximum absolute atomic E-state index is 5.43. The summed E-state index contributed by atoms with van der Waals surface area (Å²) < 4.78 is 0. The molecule has 84 valence electrons. The minimum Gasteiger partial charge on any atom is -0.330 e. The lowest BCUT2D eigenvalue weighted by Crippen LogP contribution is -2.00. The van der Waals surface area contributed by atoms with Gasteiger partial charge in [0.05, 0.1) is 0 Å². The number of rotatable bonds is 8. The molecule has 0 spiro atoms. The average Bonchev–Trinajstić information content (AvgIpc) is 2.29. The van der Waals surface area contributed by atoms with Crippen LogP contribution in [0.15, 0.2) is 30.3 Å². The van der Waals surface area contributed by atoms with Gasteiger partial charge in [-0.15, -0.1) is 0 Å². The molecule has 0 saturated carbocycles. The van der Waals surface area contributed by atoms with Crippen LogP contribution in [0.5, 0.6) is 0 Å². The minimum atomic E-state index is 0.824. The van der Waals surface area contributed by atoms with Crippen LogP contribution in [0.4, 0.5) is 0 Å². The lowest BCUT2D eigenvalue weighted by atomic mass is 10.2. The predicted octanol–water partition coefficient (Wildman–Crippen LogP) is 3.00. The number of hydrogen-bond donors (Lipinski definition) is 1. The Bertz CT molecular complexity index is 239. The molecule has 15 heavy (non-hydrogen) atoms. The molecular weight excluding hydrogens is 222 g/mol. The van der Waals surface area contributed by atoms with E-state index in [9.17, 15) is 0 Å². The molecule has 0 fully saturated rings. The van der Waals surface area contributed by atoms with E-state index in [1.165, 1.54) is 22.8 Å². The van der Waals surface area contributed by atoms with Gasteiger partial charge in [0, 0.05) is 17.3 Å². The first kappa shape index (κ1) is 12.9. The maximum Gasteiger partial charge on any atom is 0.0184 e. The van der Waals surface area contributed by atoms with Gasteiger partial charge in [0.1, 0.15) is 0 Å². The summed E-state index contributed by atoms with van der Waals surface area (Å²) in [6.45, 7) is 0.824. The van der Waals surface area contributed by atoms with Crippen molar-refractivity contribution in [2.45, 2.75) is 12.2 Å². The highest BCUT2D eigenvalue weighted by molar-refractivity contribution is 8.02. The van der Waals surface area contributed by atoms with Crippen molar-refractivity contribution in [1.82, 2.24) is 0 Å². The normalized spacial score (nSPS) is 10.5. The highest BCUT2D eigenvalue weighted by Crippen LogP contribution is 2.13. The molecular formula is C12H19NS2. The Kier molecular flexibility index (Phi) is 7.88. The third-order valence-electron chi connectivity index (χ3n) is 1.98. The lowest BCUT2D eigenvalue weighted by molar-refractivity contribution is 0.943. The van der Waals surface area contributed by atoms with Crippen LogP contribution in [0.25, 0.3) is 0 Å². The summed E-state index contributed by atoms with van der Waals surface area (Å²) in [5.41, 5.74) is 6.85. The quantitative estimate of drug-likeness (QED) is 0.709. The van der Waals surface area contributed by atoms with E-state index in [-0.39, 0.29) is 0 Å². The van der Waals surface area contributed by atoms with Gasteiger partial charge in [-0.2, -0.15) is 23.5 Å². The smallest absolute Gasteiger partial charge is 0.0184 e. The van der Waals surface area contributed by atoms with Crippen LogP contribution in [0, 0.1) is 0 Å². The van der Waals surface area contributed by atoms with Crippen molar-refractivity contribution in [1.29, 1.82) is 0 Å². The number of nitrogens with two attached hydrogens (primary N) is 1. The summed E-state index contributed by atoms with van der Waals surface area (Å²) in [5, 5.41) is 0. The Morgan fingerprint density at radius 3 is 2.40 bits per heavy atom. The van der Waals surface area contributed by atoms with E-state index in [2.05, 4.69) is 30.3 Å². The molecule has 2 N–H and O–H groups in total. The minimum absolute atomic E-state index is 0.824. The van der Waals surface area contributed by atoms with Crippen molar-refractivity contribution in [2.24, 2.45) is 5.73 Å². The van der Waals surface area contributed by atoms with Gasteiger partial charge in [0.25, 0.3) is 0 Å². The largest absolute Gasteiger partial charge is 0.330 e. The van der Waals surface area contributed by atoms with Gasteiger partial charge in [-0.05, 0) is 24.3 Å². The fourth-order valence-electron chi connectivity index (χ4n) is 1.17. The molecule has 0 amide bonds. The standard InChI is InChI=1S/C12H19NS2/c13-7-4-8-14-9-10-15-11-12-5-2-1-3-6-12/h1-3,5-6H,4,7-11,13H2. The van der Waals surface area contributed by atoms with Gasteiger partial charge in [0.2, 0.25) is 0 Å². The van der Waals surface area contributed by atoms with E-state index in [4.69, 9.17) is 5.73 Å². The van der Waals surface area contributed by atoms with E-state index in [0.717, 1.165) is 18.7 Å². The summed E-state index contributed by atoms with van der Waals surface area (Å²) in [6, 6.07) is 10.7.